The topological polar surface area (TPSA) is 49.4 Å². The van der Waals surface area contributed by atoms with Crippen LogP contribution in [0.1, 0.15) is 18.9 Å². The van der Waals surface area contributed by atoms with Crippen molar-refractivity contribution in [1.82, 2.24) is 9.62 Å². The van der Waals surface area contributed by atoms with Crippen LogP contribution in [-0.2, 0) is 16.6 Å². The quantitative estimate of drug-likeness (QED) is 0.909. The highest BCUT2D eigenvalue weighted by Crippen LogP contribution is 2.19. The van der Waals surface area contributed by atoms with Gasteiger partial charge in [-0.25, -0.2) is 12.7 Å². The number of nitrogens with one attached hydrogen (secondary N) is 1. The van der Waals surface area contributed by atoms with E-state index in [0.29, 0.717) is 25.0 Å². The molecule has 1 fully saturated rings. The standard InChI is InChI=1S/C14H22N2O2S/c1-12-11-16(19(2,17)18)9-8-14(12)15-10-13-6-4-3-5-7-13/h3-7,12,14-15H,8-11H2,1-2H3. The first kappa shape index (κ1) is 14.5. The van der Waals surface area contributed by atoms with E-state index < -0.39 is 10.0 Å². The molecule has 106 valence electrons. The first-order valence-electron chi connectivity index (χ1n) is 6.69. The molecule has 4 nitrogen and oxygen atoms in total. The van der Waals surface area contributed by atoms with E-state index in [1.165, 1.54) is 11.8 Å². The fourth-order valence-electron chi connectivity index (χ4n) is 2.56. The highest BCUT2D eigenvalue weighted by molar-refractivity contribution is 7.88. The van der Waals surface area contributed by atoms with Crippen molar-refractivity contribution in [3.63, 3.8) is 0 Å². The lowest BCUT2D eigenvalue weighted by atomic mass is 9.95. The molecule has 1 aliphatic heterocycles. The van der Waals surface area contributed by atoms with Crippen LogP contribution in [-0.4, -0.2) is 38.1 Å². The molecule has 1 N–H and O–H groups in total. The first-order valence-corrected chi connectivity index (χ1v) is 8.54. The average molecular weight is 282 g/mol. The van der Waals surface area contributed by atoms with Crippen molar-refractivity contribution in [3.05, 3.63) is 35.9 Å². The minimum absolute atomic E-state index is 0.340. The van der Waals surface area contributed by atoms with Gasteiger partial charge >= 0.3 is 0 Å². The van der Waals surface area contributed by atoms with Crippen LogP contribution >= 0.6 is 0 Å². The van der Waals surface area contributed by atoms with Crippen molar-refractivity contribution >= 4 is 10.0 Å². The van der Waals surface area contributed by atoms with Crippen molar-refractivity contribution < 1.29 is 8.42 Å². The molecule has 5 heteroatoms. The fraction of sp³-hybridized carbons (Fsp3) is 0.571. The third-order valence-corrected chi connectivity index (χ3v) is 5.02. The Morgan fingerprint density at radius 1 is 1.32 bits per heavy atom. The molecule has 1 aliphatic rings. The molecular formula is C14H22N2O2S. The highest BCUT2D eigenvalue weighted by atomic mass is 32.2. The molecule has 0 aliphatic carbocycles. The molecule has 2 rings (SSSR count). The van der Waals surface area contributed by atoms with Gasteiger partial charge in [-0.05, 0) is 17.9 Å². The van der Waals surface area contributed by atoms with Crippen molar-refractivity contribution in [3.8, 4) is 0 Å². The summed E-state index contributed by atoms with van der Waals surface area (Å²) in [5, 5.41) is 3.54. The molecule has 1 heterocycles. The zero-order valence-electron chi connectivity index (χ0n) is 11.5. The zero-order valence-corrected chi connectivity index (χ0v) is 12.4. The third-order valence-electron chi connectivity index (χ3n) is 3.75. The van der Waals surface area contributed by atoms with Crippen LogP contribution in [0, 0.1) is 5.92 Å². The van der Waals surface area contributed by atoms with E-state index >= 15 is 0 Å². The summed E-state index contributed by atoms with van der Waals surface area (Å²) in [6.45, 7) is 4.19. The molecule has 1 aromatic carbocycles. The molecule has 19 heavy (non-hydrogen) atoms. The molecule has 0 amide bonds. The number of rotatable bonds is 4. The van der Waals surface area contributed by atoms with E-state index in [-0.39, 0.29) is 0 Å². The molecule has 0 saturated carbocycles. The lowest BCUT2D eigenvalue weighted by molar-refractivity contribution is 0.220. The predicted octanol–water partition coefficient (Wildman–Crippen LogP) is 1.45. The van der Waals surface area contributed by atoms with E-state index in [4.69, 9.17) is 0 Å². The second-order valence-corrected chi connectivity index (χ2v) is 7.34. The second kappa shape index (κ2) is 6.03. The maximum atomic E-state index is 11.5. The lowest BCUT2D eigenvalue weighted by Gasteiger charge is -2.36. The van der Waals surface area contributed by atoms with Crippen molar-refractivity contribution in [2.75, 3.05) is 19.3 Å². The second-order valence-electron chi connectivity index (χ2n) is 5.36. The van der Waals surface area contributed by atoms with E-state index in [1.807, 2.05) is 18.2 Å². The minimum atomic E-state index is -3.04. The molecule has 0 radical (unpaired) electrons. The van der Waals surface area contributed by atoms with Gasteiger partial charge in [-0.15, -0.1) is 0 Å². The first-order chi connectivity index (χ1) is 8.97. The zero-order chi connectivity index (χ0) is 13.9. The van der Waals surface area contributed by atoms with Gasteiger partial charge in [0.05, 0.1) is 6.26 Å². The number of hydrogen-bond acceptors (Lipinski definition) is 3. The third kappa shape index (κ3) is 4.03. The molecular weight excluding hydrogens is 260 g/mol. The number of nitrogens with zero attached hydrogens (tertiary/aromatic N) is 1. The summed E-state index contributed by atoms with van der Waals surface area (Å²) in [5.74, 6) is 0.340. The normalized spacial score (nSPS) is 25.4. The Morgan fingerprint density at radius 2 is 2.00 bits per heavy atom. The Morgan fingerprint density at radius 3 is 2.58 bits per heavy atom. The van der Waals surface area contributed by atoms with Gasteiger partial charge in [0.1, 0.15) is 0 Å². The van der Waals surface area contributed by atoms with Gasteiger partial charge in [-0.2, -0.15) is 0 Å². The Labute approximate surface area is 115 Å². The molecule has 1 saturated heterocycles. The molecule has 1 aromatic rings. The minimum Gasteiger partial charge on any atom is -0.310 e. The summed E-state index contributed by atoms with van der Waals surface area (Å²) >= 11 is 0. The summed E-state index contributed by atoms with van der Waals surface area (Å²) in [6, 6.07) is 10.7. The van der Waals surface area contributed by atoms with Gasteiger partial charge in [-0.1, -0.05) is 37.3 Å². The van der Waals surface area contributed by atoms with Crippen LogP contribution in [0.4, 0.5) is 0 Å². The average Bonchev–Trinajstić information content (AvgIpc) is 2.37. The van der Waals surface area contributed by atoms with Crippen LogP contribution in [0.25, 0.3) is 0 Å². The van der Waals surface area contributed by atoms with Crippen LogP contribution in [0.3, 0.4) is 0 Å². The number of piperidine rings is 1. The van der Waals surface area contributed by atoms with Crippen LogP contribution < -0.4 is 5.32 Å². The smallest absolute Gasteiger partial charge is 0.211 e. The van der Waals surface area contributed by atoms with Gasteiger partial charge in [0, 0.05) is 25.7 Å². The maximum absolute atomic E-state index is 11.5. The number of hydrogen-bond donors (Lipinski definition) is 1. The molecule has 0 bridgehead atoms. The molecule has 0 aromatic heterocycles. The van der Waals surface area contributed by atoms with Crippen LogP contribution in [0.15, 0.2) is 30.3 Å². The molecule has 2 unspecified atom stereocenters. The van der Waals surface area contributed by atoms with Crippen LogP contribution in [0.2, 0.25) is 0 Å². The summed E-state index contributed by atoms with van der Waals surface area (Å²) in [5.41, 5.74) is 1.26. The van der Waals surface area contributed by atoms with Gasteiger partial charge < -0.3 is 5.32 Å². The van der Waals surface area contributed by atoms with Crippen molar-refractivity contribution in [2.24, 2.45) is 5.92 Å². The largest absolute Gasteiger partial charge is 0.310 e. The molecule has 2 atom stereocenters. The van der Waals surface area contributed by atoms with Gasteiger partial charge in [0.25, 0.3) is 0 Å². The van der Waals surface area contributed by atoms with Gasteiger partial charge in [-0.3, -0.25) is 0 Å². The van der Waals surface area contributed by atoms with E-state index in [0.717, 1.165) is 13.0 Å². The summed E-state index contributed by atoms with van der Waals surface area (Å²) in [4.78, 5) is 0. The monoisotopic (exact) mass is 282 g/mol. The van der Waals surface area contributed by atoms with Crippen molar-refractivity contribution in [2.45, 2.75) is 25.9 Å². The lowest BCUT2D eigenvalue weighted by Crippen LogP contribution is -2.49. The Kier molecular flexibility index (Phi) is 4.60. The van der Waals surface area contributed by atoms with Crippen LogP contribution in [0.5, 0.6) is 0 Å². The Bertz CT molecular complexity index is 501. The van der Waals surface area contributed by atoms with E-state index in [1.54, 1.807) is 4.31 Å². The SMILES string of the molecule is CC1CN(S(C)(=O)=O)CCC1NCc1ccccc1. The molecule has 0 spiro atoms. The van der Waals surface area contributed by atoms with E-state index in [2.05, 4.69) is 24.4 Å². The maximum Gasteiger partial charge on any atom is 0.211 e. The Hall–Kier alpha value is -0.910. The fourth-order valence-corrected chi connectivity index (χ4v) is 3.50. The van der Waals surface area contributed by atoms with E-state index in [9.17, 15) is 8.42 Å². The van der Waals surface area contributed by atoms with Gasteiger partial charge in [0.15, 0.2) is 0 Å². The summed E-state index contributed by atoms with van der Waals surface area (Å²) < 4.78 is 24.6. The summed E-state index contributed by atoms with van der Waals surface area (Å²) in [7, 11) is -3.04. The Balaban J connectivity index is 1.87. The predicted molar refractivity (Wildman–Crippen MR) is 77.3 cm³/mol. The van der Waals surface area contributed by atoms with Gasteiger partial charge in [0.2, 0.25) is 10.0 Å². The number of benzene rings is 1. The highest BCUT2D eigenvalue weighted by Gasteiger charge is 2.29. The summed E-state index contributed by atoms with van der Waals surface area (Å²) in [6.07, 6.45) is 2.17. The number of sulfonamides is 1. The van der Waals surface area contributed by atoms with Crippen molar-refractivity contribution in [1.29, 1.82) is 0 Å².